The van der Waals surface area contributed by atoms with Crippen molar-refractivity contribution in [1.82, 2.24) is 5.32 Å². The maximum absolute atomic E-state index is 10.8. The average Bonchev–Trinajstić information content (AvgIpc) is 2.69. The summed E-state index contributed by atoms with van der Waals surface area (Å²) in [7, 11) is 0. The molecule has 1 heterocycles. The number of aryl methyl sites for hydroxylation is 1. The van der Waals surface area contributed by atoms with Crippen molar-refractivity contribution in [3.05, 3.63) is 35.8 Å². The summed E-state index contributed by atoms with van der Waals surface area (Å²) >= 11 is 0. The quantitative estimate of drug-likeness (QED) is 0.520. The molecule has 0 aromatic carbocycles. The van der Waals surface area contributed by atoms with Crippen LogP contribution in [0.2, 0.25) is 0 Å². The van der Waals surface area contributed by atoms with Gasteiger partial charge in [-0.2, -0.15) is 0 Å². The van der Waals surface area contributed by atoms with Gasteiger partial charge in [0, 0.05) is 12.1 Å². The van der Waals surface area contributed by atoms with E-state index in [0.29, 0.717) is 37.6 Å². The summed E-state index contributed by atoms with van der Waals surface area (Å²) in [5.41, 5.74) is 0.640. The van der Waals surface area contributed by atoms with Crippen LogP contribution in [0, 0.1) is 6.92 Å². The smallest absolute Gasteiger partial charge is 0.372 e. The average molecular weight is 253 g/mol. The molecule has 0 aliphatic carbocycles. The molecular formula is C13H19NO4. The highest BCUT2D eigenvalue weighted by atomic mass is 16.5. The van der Waals surface area contributed by atoms with Crippen molar-refractivity contribution in [1.29, 1.82) is 0 Å². The third-order valence-electron chi connectivity index (χ3n) is 2.35. The Bertz CT molecular complexity index is 398. The van der Waals surface area contributed by atoms with E-state index in [1.807, 2.05) is 6.08 Å². The van der Waals surface area contributed by atoms with Crippen LogP contribution < -0.4 is 5.32 Å². The van der Waals surface area contributed by atoms with Gasteiger partial charge in [0.05, 0.1) is 19.8 Å². The molecule has 2 N–H and O–H groups in total. The first kappa shape index (κ1) is 14.5. The van der Waals surface area contributed by atoms with E-state index in [9.17, 15) is 4.79 Å². The SMILES string of the molecule is C=CCCOCCNCc1cc(C)c(C(=O)O)o1. The summed E-state index contributed by atoms with van der Waals surface area (Å²) < 4.78 is 10.5. The molecule has 18 heavy (non-hydrogen) atoms. The van der Waals surface area contributed by atoms with E-state index < -0.39 is 5.97 Å². The van der Waals surface area contributed by atoms with Gasteiger partial charge in [0.15, 0.2) is 0 Å². The van der Waals surface area contributed by atoms with Gasteiger partial charge in [-0.25, -0.2) is 4.79 Å². The molecule has 5 heteroatoms. The molecule has 0 unspecified atom stereocenters. The lowest BCUT2D eigenvalue weighted by Crippen LogP contribution is -2.19. The van der Waals surface area contributed by atoms with Crippen LogP contribution in [0.3, 0.4) is 0 Å². The lowest BCUT2D eigenvalue weighted by Gasteiger charge is -2.03. The summed E-state index contributed by atoms with van der Waals surface area (Å²) in [4.78, 5) is 10.8. The number of carbonyl (C=O) groups is 1. The highest BCUT2D eigenvalue weighted by Gasteiger charge is 2.13. The van der Waals surface area contributed by atoms with E-state index in [2.05, 4.69) is 11.9 Å². The van der Waals surface area contributed by atoms with Crippen molar-refractivity contribution in [2.75, 3.05) is 19.8 Å². The van der Waals surface area contributed by atoms with Crippen LogP contribution in [0.4, 0.5) is 0 Å². The lowest BCUT2D eigenvalue weighted by atomic mass is 10.2. The summed E-state index contributed by atoms with van der Waals surface area (Å²) in [6.07, 6.45) is 2.66. The fourth-order valence-electron chi connectivity index (χ4n) is 1.47. The van der Waals surface area contributed by atoms with Crippen molar-refractivity contribution >= 4 is 5.97 Å². The normalized spacial score (nSPS) is 10.5. The first-order valence-corrected chi connectivity index (χ1v) is 5.87. The van der Waals surface area contributed by atoms with Gasteiger partial charge in [-0.1, -0.05) is 6.08 Å². The topological polar surface area (TPSA) is 71.7 Å². The second-order valence-electron chi connectivity index (χ2n) is 3.90. The summed E-state index contributed by atoms with van der Waals surface area (Å²) in [5, 5.41) is 11.9. The number of carboxylic acid groups (broad SMARTS) is 1. The van der Waals surface area contributed by atoms with Gasteiger partial charge in [0.25, 0.3) is 0 Å². The Hall–Kier alpha value is -1.59. The minimum absolute atomic E-state index is 0.00836. The molecule has 0 amide bonds. The van der Waals surface area contributed by atoms with Crippen LogP contribution in [0.15, 0.2) is 23.1 Å². The second kappa shape index (κ2) is 7.68. The third-order valence-corrected chi connectivity index (χ3v) is 2.35. The van der Waals surface area contributed by atoms with Gasteiger partial charge >= 0.3 is 5.97 Å². The second-order valence-corrected chi connectivity index (χ2v) is 3.90. The molecule has 1 rings (SSSR count). The minimum atomic E-state index is -1.04. The highest BCUT2D eigenvalue weighted by molar-refractivity contribution is 5.86. The zero-order valence-electron chi connectivity index (χ0n) is 10.6. The molecule has 5 nitrogen and oxygen atoms in total. The largest absolute Gasteiger partial charge is 0.475 e. The standard InChI is InChI=1S/C13H19NO4/c1-3-4-6-17-7-5-14-9-11-8-10(2)12(18-11)13(15)16/h3,8,14H,1,4-7,9H2,2H3,(H,15,16). The highest BCUT2D eigenvalue weighted by Crippen LogP contribution is 2.14. The summed E-state index contributed by atoms with van der Waals surface area (Å²) in [5.74, 6) is -0.406. The molecule has 100 valence electrons. The van der Waals surface area contributed by atoms with Gasteiger partial charge in [-0.05, 0) is 19.4 Å². The maximum atomic E-state index is 10.8. The molecule has 0 aliphatic heterocycles. The number of aromatic carboxylic acids is 1. The van der Waals surface area contributed by atoms with Gasteiger partial charge in [-0.3, -0.25) is 0 Å². The van der Waals surface area contributed by atoms with Gasteiger partial charge in [0.1, 0.15) is 5.76 Å². The number of rotatable bonds is 9. The zero-order chi connectivity index (χ0) is 13.4. The molecule has 1 aromatic heterocycles. The molecule has 0 atom stereocenters. The van der Waals surface area contributed by atoms with Crippen molar-refractivity contribution in [2.24, 2.45) is 0 Å². The number of hydrogen-bond acceptors (Lipinski definition) is 4. The van der Waals surface area contributed by atoms with Crippen LogP contribution in [0.25, 0.3) is 0 Å². The summed E-state index contributed by atoms with van der Waals surface area (Å²) in [6, 6.07) is 1.73. The number of furan rings is 1. The molecule has 1 aromatic rings. The Morgan fingerprint density at radius 1 is 1.61 bits per heavy atom. The Labute approximate surface area is 106 Å². The number of nitrogens with one attached hydrogen (secondary N) is 1. The Morgan fingerprint density at radius 2 is 2.39 bits per heavy atom. The van der Waals surface area contributed by atoms with E-state index in [0.717, 1.165) is 6.42 Å². The maximum Gasteiger partial charge on any atom is 0.372 e. The van der Waals surface area contributed by atoms with Crippen molar-refractivity contribution in [3.8, 4) is 0 Å². The van der Waals surface area contributed by atoms with Crippen LogP contribution >= 0.6 is 0 Å². The minimum Gasteiger partial charge on any atom is -0.475 e. The van der Waals surface area contributed by atoms with E-state index in [1.54, 1.807) is 13.0 Å². The molecule has 0 fully saturated rings. The first-order valence-electron chi connectivity index (χ1n) is 5.87. The molecule has 0 saturated heterocycles. The predicted molar refractivity (Wildman–Crippen MR) is 67.7 cm³/mol. The van der Waals surface area contributed by atoms with Gasteiger partial charge in [-0.15, -0.1) is 6.58 Å². The van der Waals surface area contributed by atoms with Crippen molar-refractivity contribution in [2.45, 2.75) is 19.9 Å². The van der Waals surface area contributed by atoms with E-state index >= 15 is 0 Å². The monoisotopic (exact) mass is 253 g/mol. The Balaban J connectivity index is 2.21. The summed E-state index contributed by atoms with van der Waals surface area (Å²) in [6.45, 7) is 7.80. The van der Waals surface area contributed by atoms with Gasteiger partial charge in [0.2, 0.25) is 5.76 Å². The molecule has 0 saturated carbocycles. The predicted octanol–water partition coefficient (Wildman–Crippen LogP) is 1.97. The zero-order valence-corrected chi connectivity index (χ0v) is 10.6. The number of hydrogen-bond donors (Lipinski definition) is 2. The van der Waals surface area contributed by atoms with Crippen molar-refractivity contribution in [3.63, 3.8) is 0 Å². The van der Waals surface area contributed by atoms with Crippen LogP contribution in [-0.4, -0.2) is 30.8 Å². The molecule has 0 bridgehead atoms. The van der Waals surface area contributed by atoms with Crippen LogP contribution in [-0.2, 0) is 11.3 Å². The van der Waals surface area contributed by atoms with Crippen LogP contribution in [0.1, 0.15) is 28.3 Å². The first-order chi connectivity index (χ1) is 8.65. The number of carboxylic acids is 1. The van der Waals surface area contributed by atoms with Crippen LogP contribution in [0.5, 0.6) is 0 Å². The van der Waals surface area contributed by atoms with E-state index in [-0.39, 0.29) is 5.76 Å². The molecular weight excluding hydrogens is 234 g/mol. The Morgan fingerprint density at radius 3 is 3.00 bits per heavy atom. The molecule has 0 aliphatic rings. The van der Waals surface area contributed by atoms with E-state index in [4.69, 9.17) is 14.3 Å². The van der Waals surface area contributed by atoms with Gasteiger partial charge < -0.3 is 19.6 Å². The Kier molecular flexibility index (Phi) is 6.18. The molecule has 0 radical (unpaired) electrons. The fourth-order valence-corrected chi connectivity index (χ4v) is 1.47. The third kappa shape index (κ3) is 4.73. The lowest BCUT2D eigenvalue weighted by molar-refractivity contribution is 0.0659. The molecule has 0 spiro atoms. The number of ether oxygens (including phenoxy) is 1. The van der Waals surface area contributed by atoms with Crippen molar-refractivity contribution < 1.29 is 19.1 Å². The van der Waals surface area contributed by atoms with E-state index in [1.165, 1.54) is 0 Å². The fraction of sp³-hybridized carbons (Fsp3) is 0.462.